The SMILES string of the molecule is CNCc1ccc(NN)cc1. The lowest BCUT2D eigenvalue weighted by Gasteiger charge is -2.01. The predicted molar refractivity (Wildman–Crippen MR) is 47.0 cm³/mol. The topological polar surface area (TPSA) is 50.1 Å². The van der Waals surface area contributed by atoms with E-state index in [0.717, 1.165) is 12.2 Å². The first kappa shape index (κ1) is 8.04. The van der Waals surface area contributed by atoms with Gasteiger partial charge in [-0.25, -0.2) is 0 Å². The molecule has 0 aliphatic rings. The van der Waals surface area contributed by atoms with Crippen molar-refractivity contribution in [2.45, 2.75) is 6.54 Å². The Morgan fingerprint density at radius 3 is 2.36 bits per heavy atom. The van der Waals surface area contributed by atoms with Gasteiger partial charge in [0.25, 0.3) is 0 Å². The first-order chi connectivity index (χ1) is 5.36. The number of hydrogen-bond acceptors (Lipinski definition) is 3. The van der Waals surface area contributed by atoms with Crippen LogP contribution in [0.3, 0.4) is 0 Å². The lowest BCUT2D eigenvalue weighted by Crippen LogP contribution is -2.07. The molecule has 1 rings (SSSR count). The third-order valence-corrected chi connectivity index (χ3v) is 1.50. The van der Waals surface area contributed by atoms with E-state index in [-0.39, 0.29) is 0 Å². The molecule has 0 saturated heterocycles. The highest BCUT2D eigenvalue weighted by atomic mass is 15.2. The van der Waals surface area contributed by atoms with Gasteiger partial charge in [-0.3, -0.25) is 5.84 Å². The van der Waals surface area contributed by atoms with Gasteiger partial charge in [-0.15, -0.1) is 0 Å². The smallest absolute Gasteiger partial charge is 0.0485 e. The van der Waals surface area contributed by atoms with Crippen molar-refractivity contribution < 1.29 is 0 Å². The first-order valence-electron chi connectivity index (χ1n) is 3.57. The van der Waals surface area contributed by atoms with Gasteiger partial charge in [0.2, 0.25) is 0 Å². The molecule has 4 N–H and O–H groups in total. The van der Waals surface area contributed by atoms with E-state index in [2.05, 4.69) is 10.7 Å². The highest BCUT2D eigenvalue weighted by Gasteiger charge is 1.89. The highest BCUT2D eigenvalue weighted by Crippen LogP contribution is 2.06. The minimum Gasteiger partial charge on any atom is -0.324 e. The van der Waals surface area contributed by atoms with Crippen molar-refractivity contribution in [1.82, 2.24) is 5.32 Å². The molecule has 11 heavy (non-hydrogen) atoms. The van der Waals surface area contributed by atoms with E-state index in [9.17, 15) is 0 Å². The van der Waals surface area contributed by atoms with Crippen molar-refractivity contribution in [1.29, 1.82) is 0 Å². The summed E-state index contributed by atoms with van der Waals surface area (Å²) in [7, 11) is 1.93. The highest BCUT2D eigenvalue weighted by molar-refractivity contribution is 5.43. The maximum atomic E-state index is 5.21. The molecule has 0 amide bonds. The Balaban J connectivity index is 2.66. The van der Waals surface area contributed by atoms with Crippen molar-refractivity contribution in [2.75, 3.05) is 12.5 Å². The number of rotatable bonds is 3. The largest absolute Gasteiger partial charge is 0.324 e. The van der Waals surface area contributed by atoms with Gasteiger partial charge in [-0.2, -0.15) is 0 Å². The van der Waals surface area contributed by atoms with Crippen LogP contribution in [0, 0.1) is 0 Å². The average molecular weight is 151 g/mol. The number of hydrogen-bond donors (Lipinski definition) is 3. The van der Waals surface area contributed by atoms with Crippen LogP contribution in [0.15, 0.2) is 24.3 Å². The van der Waals surface area contributed by atoms with Crippen LogP contribution >= 0.6 is 0 Å². The Morgan fingerprint density at radius 2 is 1.91 bits per heavy atom. The molecule has 0 aliphatic carbocycles. The van der Waals surface area contributed by atoms with Crippen molar-refractivity contribution in [2.24, 2.45) is 5.84 Å². The summed E-state index contributed by atoms with van der Waals surface area (Å²) in [5, 5.41) is 3.07. The summed E-state index contributed by atoms with van der Waals surface area (Å²) in [6.45, 7) is 0.894. The molecule has 3 nitrogen and oxygen atoms in total. The molecule has 0 atom stereocenters. The van der Waals surface area contributed by atoms with Crippen LogP contribution in [0.5, 0.6) is 0 Å². The van der Waals surface area contributed by atoms with Crippen molar-refractivity contribution in [3.05, 3.63) is 29.8 Å². The number of benzene rings is 1. The molecule has 1 aromatic carbocycles. The standard InChI is InChI=1S/C8H13N3/c1-10-6-7-2-4-8(11-9)5-3-7/h2-5,10-11H,6,9H2,1H3. The summed E-state index contributed by atoms with van der Waals surface area (Å²) in [6.07, 6.45) is 0. The predicted octanol–water partition coefficient (Wildman–Crippen LogP) is 0.692. The Hall–Kier alpha value is -1.06. The van der Waals surface area contributed by atoms with E-state index in [1.807, 2.05) is 31.3 Å². The molecule has 0 heterocycles. The number of nitrogens with two attached hydrogens (primary N) is 1. The van der Waals surface area contributed by atoms with Gasteiger partial charge in [0.1, 0.15) is 0 Å². The van der Waals surface area contributed by atoms with E-state index in [0.29, 0.717) is 0 Å². The average Bonchev–Trinajstić information content (AvgIpc) is 2.07. The molecule has 0 spiro atoms. The van der Waals surface area contributed by atoms with E-state index < -0.39 is 0 Å². The minimum absolute atomic E-state index is 0.894. The number of nitrogens with one attached hydrogen (secondary N) is 2. The van der Waals surface area contributed by atoms with Gasteiger partial charge in [-0.1, -0.05) is 12.1 Å². The summed E-state index contributed by atoms with van der Waals surface area (Å²) in [5.41, 5.74) is 4.77. The molecule has 0 radical (unpaired) electrons. The molecule has 0 unspecified atom stereocenters. The van der Waals surface area contributed by atoms with Crippen molar-refractivity contribution >= 4 is 5.69 Å². The summed E-state index contributed by atoms with van der Waals surface area (Å²) < 4.78 is 0. The second-order valence-electron chi connectivity index (χ2n) is 2.37. The normalized spacial score (nSPS) is 9.64. The number of anilines is 1. The Bertz CT molecular complexity index is 205. The monoisotopic (exact) mass is 151 g/mol. The van der Waals surface area contributed by atoms with Crippen LogP contribution < -0.4 is 16.6 Å². The van der Waals surface area contributed by atoms with Gasteiger partial charge in [0.15, 0.2) is 0 Å². The van der Waals surface area contributed by atoms with Crippen LogP contribution in [0.2, 0.25) is 0 Å². The summed E-state index contributed by atoms with van der Waals surface area (Å²) in [5.74, 6) is 5.21. The van der Waals surface area contributed by atoms with Crippen LogP contribution in [-0.2, 0) is 6.54 Å². The van der Waals surface area contributed by atoms with Crippen LogP contribution in [0.4, 0.5) is 5.69 Å². The maximum Gasteiger partial charge on any atom is 0.0485 e. The van der Waals surface area contributed by atoms with Gasteiger partial charge >= 0.3 is 0 Å². The number of nitrogen functional groups attached to an aromatic ring is 1. The van der Waals surface area contributed by atoms with Crippen molar-refractivity contribution in [3.8, 4) is 0 Å². The van der Waals surface area contributed by atoms with Crippen LogP contribution in [0.1, 0.15) is 5.56 Å². The third kappa shape index (κ3) is 2.22. The second-order valence-corrected chi connectivity index (χ2v) is 2.37. The Labute approximate surface area is 66.6 Å². The minimum atomic E-state index is 0.894. The zero-order valence-corrected chi connectivity index (χ0v) is 6.59. The Morgan fingerprint density at radius 1 is 1.27 bits per heavy atom. The molecule has 0 saturated carbocycles. The molecule has 0 aliphatic heterocycles. The summed E-state index contributed by atoms with van der Waals surface area (Å²) >= 11 is 0. The number of hydrazine groups is 1. The lowest BCUT2D eigenvalue weighted by molar-refractivity contribution is 0.818. The molecular weight excluding hydrogens is 138 g/mol. The quantitative estimate of drug-likeness (QED) is 0.440. The molecule has 1 aromatic rings. The molecule has 3 heteroatoms. The molecule has 0 fully saturated rings. The van der Waals surface area contributed by atoms with E-state index in [1.54, 1.807) is 0 Å². The zero-order valence-electron chi connectivity index (χ0n) is 6.59. The van der Waals surface area contributed by atoms with Gasteiger partial charge in [-0.05, 0) is 24.7 Å². The van der Waals surface area contributed by atoms with Crippen molar-refractivity contribution in [3.63, 3.8) is 0 Å². The lowest BCUT2D eigenvalue weighted by atomic mass is 10.2. The van der Waals surface area contributed by atoms with Crippen LogP contribution in [-0.4, -0.2) is 7.05 Å². The third-order valence-electron chi connectivity index (χ3n) is 1.50. The maximum absolute atomic E-state index is 5.21. The zero-order chi connectivity index (χ0) is 8.10. The fourth-order valence-corrected chi connectivity index (χ4v) is 0.923. The fraction of sp³-hybridized carbons (Fsp3) is 0.250. The summed E-state index contributed by atoms with van der Waals surface area (Å²) in [4.78, 5) is 0. The van der Waals surface area contributed by atoms with Gasteiger partial charge < -0.3 is 10.7 Å². The molecular formula is C8H13N3. The molecule has 0 bridgehead atoms. The van der Waals surface area contributed by atoms with Gasteiger partial charge in [0, 0.05) is 12.2 Å². The molecule has 60 valence electrons. The fourth-order valence-electron chi connectivity index (χ4n) is 0.923. The Kier molecular flexibility index (Phi) is 2.89. The summed E-state index contributed by atoms with van der Waals surface area (Å²) in [6, 6.07) is 7.97. The van der Waals surface area contributed by atoms with Gasteiger partial charge in [0.05, 0.1) is 0 Å². The van der Waals surface area contributed by atoms with E-state index in [4.69, 9.17) is 5.84 Å². The second kappa shape index (κ2) is 3.95. The first-order valence-corrected chi connectivity index (χ1v) is 3.57. The van der Waals surface area contributed by atoms with E-state index in [1.165, 1.54) is 5.56 Å². The van der Waals surface area contributed by atoms with Crippen LogP contribution in [0.25, 0.3) is 0 Å². The molecule has 0 aromatic heterocycles. The van der Waals surface area contributed by atoms with E-state index >= 15 is 0 Å².